The van der Waals surface area contributed by atoms with Crippen LogP contribution < -0.4 is 5.32 Å². The summed E-state index contributed by atoms with van der Waals surface area (Å²) < 4.78 is 1.06. The van der Waals surface area contributed by atoms with Gasteiger partial charge in [-0.1, -0.05) is 48.8 Å². The Kier molecular flexibility index (Phi) is 4.02. The number of amides is 1. The molecule has 1 N–H and O–H groups in total. The molecule has 2 unspecified atom stereocenters. The maximum absolute atomic E-state index is 12.3. The van der Waals surface area contributed by atoms with Gasteiger partial charge in [0.25, 0.3) is 0 Å². The summed E-state index contributed by atoms with van der Waals surface area (Å²) in [7, 11) is 1.88. The first kappa shape index (κ1) is 14.5. The number of rotatable bonds is 2. The standard InChI is InChI=1S/C15H21BrN2O/c1-15(2,3)14-17-12(13(19)18(14)4)9-10-5-7-11(16)8-6-10/h5-8,12,14,17H,9H2,1-4H3. The van der Waals surface area contributed by atoms with Gasteiger partial charge in [0, 0.05) is 11.5 Å². The molecule has 0 bridgehead atoms. The minimum absolute atomic E-state index is 0.0406. The molecule has 3 nitrogen and oxygen atoms in total. The van der Waals surface area contributed by atoms with Crippen LogP contribution in [-0.2, 0) is 11.2 Å². The predicted molar refractivity (Wildman–Crippen MR) is 80.8 cm³/mol. The number of carbonyl (C=O) groups excluding carboxylic acids is 1. The van der Waals surface area contributed by atoms with Gasteiger partial charge in [-0.15, -0.1) is 0 Å². The van der Waals surface area contributed by atoms with Gasteiger partial charge in [-0.3, -0.25) is 10.1 Å². The first-order valence-electron chi connectivity index (χ1n) is 6.56. The van der Waals surface area contributed by atoms with Gasteiger partial charge < -0.3 is 4.90 Å². The highest BCUT2D eigenvalue weighted by atomic mass is 79.9. The van der Waals surface area contributed by atoms with Crippen LogP contribution in [0.4, 0.5) is 0 Å². The molecule has 4 heteroatoms. The molecular formula is C15H21BrN2O. The number of carbonyl (C=O) groups is 1. The van der Waals surface area contributed by atoms with Crippen molar-refractivity contribution in [3.8, 4) is 0 Å². The van der Waals surface area contributed by atoms with Crippen LogP contribution in [0.15, 0.2) is 28.7 Å². The third-order valence-corrected chi connectivity index (χ3v) is 4.09. The van der Waals surface area contributed by atoms with E-state index in [1.807, 2.05) is 24.1 Å². The zero-order valence-electron chi connectivity index (χ0n) is 11.9. The lowest BCUT2D eigenvalue weighted by atomic mass is 9.92. The van der Waals surface area contributed by atoms with Crippen molar-refractivity contribution in [1.29, 1.82) is 0 Å². The van der Waals surface area contributed by atoms with Crippen LogP contribution in [0, 0.1) is 5.41 Å². The maximum atomic E-state index is 12.3. The van der Waals surface area contributed by atoms with E-state index in [0.717, 1.165) is 10.9 Å². The van der Waals surface area contributed by atoms with Crippen LogP contribution in [-0.4, -0.2) is 30.1 Å². The van der Waals surface area contributed by atoms with Gasteiger partial charge in [0.05, 0.1) is 12.2 Å². The molecule has 19 heavy (non-hydrogen) atoms. The summed E-state index contributed by atoms with van der Waals surface area (Å²) in [6.07, 6.45) is 0.837. The lowest BCUT2D eigenvalue weighted by Crippen LogP contribution is -2.45. The summed E-state index contributed by atoms with van der Waals surface area (Å²) in [4.78, 5) is 14.1. The fourth-order valence-electron chi connectivity index (χ4n) is 2.58. The van der Waals surface area contributed by atoms with Crippen molar-refractivity contribution >= 4 is 21.8 Å². The molecule has 0 radical (unpaired) electrons. The van der Waals surface area contributed by atoms with E-state index in [1.165, 1.54) is 5.56 Å². The van der Waals surface area contributed by atoms with Crippen LogP contribution >= 0.6 is 15.9 Å². The van der Waals surface area contributed by atoms with Gasteiger partial charge in [0.15, 0.2) is 0 Å². The Bertz CT molecular complexity index is 464. The van der Waals surface area contributed by atoms with Gasteiger partial charge in [-0.2, -0.15) is 0 Å². The van der Waals surface area contributed by atoms with E-state index in [-0.39, 0.29) is 23.5 Å². The summed E-state index contributed by atoms with van der Waals surface area (Å²) >= 11 is 3.42. The average molecular weight is 325 g/mol. The summed E-state index contributed by atoms with van der Waals surface area (Å²) in [5.41, 5.74) is 1.22. The van der Waals surface area contributed by atoms with Gasteiger partial charge in [0.2, 0.25) is 5.91 Å². The Morgan fingerprint density at radius 1 is 1.26 bits per heavy atom. The van der Waals surface area contributed by atoms with Gasteiger partial charge >= 0.3 is 0 Å². The number of benzene rings is 1. The van der Waals surface area contributed by atoms with Crippen molar-refractivity contribution < 1.29 is 4.79 Å². The normalized spacial score (nSPS) is 24.1. The molecule has 2 atom stereocenters. The Balaban J connectivity index is 2.10. The summed E-state index contributed by atoms with van der Waals surface area (Å²) in [5.74, 6) is 0.183. The molecule has 1 amide bonds. The van der Waals surface area contributed by atoms with Crippen LogP contribution in [0.3, 0.4) is 0 Å². The Labute approximate surface area is 123 Å². The third-order valence-electron chi connectivity index (χ3n) is 3.57. The van der Waals surface area contributed by atoms with Gasteiger partial charge in [-0.25, -0.2) is 0 Å². The number of halogens is 1. The number of nitrogens with zero attached hydrogens (tertiary/aromatic N) is 1. The highest BCUT2D eigenvalue weighted by Gasteiger charge is 2.41. The van der Waals surface area contributed by atoms with Gasteiger partial charge in [-0.05, 0) is 29.5 Å². The number of nitrogens with one attached hydrogen (secondary N) is 1. The molecule has 0 aromatic heterocycles. The Hall–Kier alpha value is -0.870. The second kappa shape index (κ2) is 5.25. The molecule has 0 aliphatic carbocycles. The van der Waals surface area contributed by atoms with E-state index in [9.17, 15) is 4.79 Å². The topological polar surface area (TPSA) is 32.3 Å². The lowest BCUT2D eigenvalue weighted by molar-refractivity contribution is -0.129. The van der Waals surface area contributed by atoms with E-state index < -0.39 is 0 Å². The predicted octanol–water partition coefficient (Wildman–Crippen LogP) is 2.79. The monoisotopic (exact) mass is 324 g/mol. The van der Waals surface area contributed by atoms with Crippen molar-refractivity contribution in [3.63, 3.8) is 0 Å². The summed E-state index contributed by atoms with van der Waals surface area (Å²) in [6.45, 7) is 6.45. The van der Waals surface area contributed by atoms with Crippen molar-refractivity contribution in [2.24, 2.45) is 5.41 Å². The molecule has 1 saturated heterocycles. The molecule has 104 valence electrons. The molecule has 0 saturated carbocycles. The molecule has 1 aromatic carbocycles. The first-order chi connectivity index (χ1) is 8.79. The van der Waals surface area contributed by atoms with E-state index in [1.54, 1.807) is 0 Å². The van der Waals surface area contributed by atoms with Crippen molar-refractivity contribution in [3.05, 3.63) is 34.3 Å². The molecule has 1 fully saturated rings. The first-order valence-corrected chi connectivity index (χ1v) is 7.35. The third kappa shape index (κ3) is 3.18. The average Bonchev–Trinajstić information content (AvgIpc) is 2.60. The van der Waals surface area contributed by atoms with E-state index in [4.69, 9.17) is 0 Å². The fraction of sp³-hybridized carbons (Fsp3) is 0.533. The summed E-state index contributed by atoms with van der Waals surface area (Å²) in [5, 5.41) is 3.46. The minimum atomic E-state index is -0.115. The zero-order chi connectivity index (χ0) is 14.2. The molecule has 2 rings (SSSR count). The van der Waals surface area contributed by atoms with Crippen molar-refractivity contribution in [2.75, 3.05) is 7.05 Å². The minimum Gasteiger partial charge on any atom is -0.328 e. The fourth-order valence-corrected chi connectivity index (χ4v) is 2.84. The van der Waals surface area contributed by atoms with Crippen LogP contribution in [0.5, 0.6) is 0 Å². The number of hydrogen-bond acceptors (Lipinski definition) is 2. The van der Waals surface area contributed by atoms with E-state index in [2.05, 4.69) is 54.2 Å². The van der Waals surface area contributed by atoms with Crippen LogP contribution in [0.1, 0.15) is 26.3 Å². The lowest BCUT2D eigenvalue weighted by Gasteiger charge is -2.32. The Morgan fingerprint density at radius 2 is 1.84 bits per heavy atom. The van der Waals surface area contributed by atoms with Crippen molar-refractivity contribution in [2.45, 2.75) is 39.4 Å². The zero-order valence-corrected chi connectivity index (χ0v) is 13.5. The molecule has 1 aliphatic rings. The van der Waals surface area contributed by atoms with Gasteiger partial charge in [0.1, 0.15) is 0 Å². The maximum Gasteiger partial charge on any atom is 0.241 e. The molecule has 1 heterocycles. The second-order valence-corrected chi connectivity index (χ2v) is 7.18. The van der Waals surface area contributed by atoms with Crippen molar-refractivity contribution in [1.82, 2.24) is 10.2 Å². The summed E-state index contributed by atoms with van der Waals surface area (Å²) in [6, 6.07) is 8.03. The molecule has 1 aliphatic heterocycles. The Morgan fingerprint density at radius 3 is 2.32 bits per heavy atom. The SMILES string of the molecule is CN1C(=O)C(Cc2ccc(Br)cc2)NC1C(C)(C)C. The largest absolute Gasteiger partial charge is 0.328 e. The highest BCUT2D eigenvalue weighted by molar-refractivity contribution is 9.10. The molecular weight excluding hydrogens is 304 g/mol. The number of hydrogen-bond donors (Lipinski definition) is 1. The quantitative estimate of drug-likeness (QED) is 0.907. The smallest absolute Gasteiger partial charge is 0.241 e. The van der Waals surface area contributed by atoms with E-state index in [0.29, 0.717) is 0 Å². The number of likely N-dealkylation sites (N-methyl/N-ethyl adjacent to an activating group) is 1. The molecule has 1 aromatic rings. The molecule has 0 spiro atoms. The van der Waals surface area contributed by atoms with E-state index >= 15 is 0 Å². The van der Waals surface area contributed by atoms with Crippen LogP contribution in [0.25, 0.3) is 0 Å². The highest BCUT2D eigenvalue weighted by Crippen LogP contribution is 2.27. The second-order valence-electron chi connectivity index (χ2n) is 6.27. The van der Waals surface area contributed by atoms with Crippen LogP contribution in [0.2, 0.25) is 0 Å².